The Labute approximate surface area is 164 Å². The first kappa shape index (κ1) is 17.8. The molecule has 2 aromatic rings. The van der Waals surface area contributed by atoms with Gasteiger partial charge in [0.15, 0.2) is 0 Å². The van der Waals surface area contributed by atoms with Crippen molar-refractivity contribution in [3.8, 4) is 11.1 Å². The van der Waals surface area contributed by atoms with Gasteiger partial charge in [0.2, 0.25) is 5.96 Å². The van der Waals surface area contributed by atoms with Crippen LogP contribution in [0.2, 0.25) is 0 Å². The average Bonchev–Trinajstić information content (AvgIpc) is 3.22. The molecular weight excluding hydrogens is 360 g/mol. The summed E-state index contributed by atoms with van der Waals surface area (Å²) in [5, 5.41) is 6.51. The molecule has 1 amide bonds. The molecule has 5 nitrogen and oxygen atoms in total. The smallest absolute Gasteiger partial charge is 0.296 e. The van der Waals surface area contributed by atoms with Crippen LogP contribution in [0.1, 0.15) is 16.7 Å². The predicted octanol–water partition coefficient (Wildman–Crippen LogP) is 2.41. The van der Waals surface area contributed by atoms with Crippen molar-refractivity contribution >= 4 is 30.3 Å². The van der Waals surface area contributed by atoms with Gasteiger partial charge in [-0.15, -0.1) is 12.4 Å². The number of aliphatic imine (C=N–C) groups is 1. The molecule has 27 heavy (non-hydrogen) atoms. The summed E-state index contributed by atoms with van der Waals surface area (Å²) in [6, 6.07) is 14.9. The fourth-order valence-corrected chi connectivity index (χ4v) is 3.90. The monoisotopic (exact) mass is 380 g/mol. The van der Waals surface area contributed by atoms with Crippen molar-refractivity contribution < 1.29 is 4.79 Å². The largest absolute Gasteiger partial charge is 0.340 e. The first-order chi connectivity index (χ1) is 12.8. The van der Waals surface area contributed by atoms with Crippen molar-refractivity contribution in [2.75, 3.05) is 26.2 Å². The molecule has 0 radical (unpaired) electrons. The lowest BCUT2D eigenvalue weighted by atomic mass is 10.0. The maximum absolute atomic E-state index is 12.3. The average molecular weight is 381 g/mol. The number of nitrogens with one attached hydrogen (secondary N) is 2. The summed E-state index contributed by atoms with van der Waals surface area (Å²) in [5.41, 5.74) is 6.88. The first-order valence-corrected chi connectivity index (χ1v) is 9.06. The van der Waals surface area contributed by atoms with Crippen LogP contribution in [-0.4, -0.2) is 42.9 Å². The molecule has 1 saturated heterocycles. The minimum atomic E-state index is -0.192. The Morgan fingerprint density at radius 2 is 1.78 bits per heavy atom. The Hall–Kier alpha value is -2.63. The fourth-order valence-electron chi connectivity index (χ4n) is 3.90. The number of halogens is 1. The van der Waals surface area contributed by atoms with Crippen molar-refractivity contribution in [2.24, 2.45) is 4.99 Å². The van der Waals surface area contributed by atoms with Crippen LogP contribution in [-0.2, 0) is 11.2 Å². The minimum Gasteiger partial charge on any atom is -0.340 e. The molecule has 6 heteroatoms. The minimum absolute atomic E-state index is 0. The zero-order valence-corrected chi connectivity index (χ0v) is 15.7. The third kappa shape index (κ3) is 3.24. The van der Waals surface area contributed by atoms with Crippen molar-refractivity contribution in [2.45, 2.75) is 6.42 Å². The van der Waals surface area contributed by atoms with Gasteiger partial charge in [0.25, 0.3) is 5.91 Å². The lowest BCUT2D eigenvalue weighted by Gasteiger charge is -2.28. The number of carbonyl (C=O) groups is 1. The highest BCUT2D eigenvalue weighted by Crippen LogP contribution is 2.37. The number of guanidine groups is 1. The Morgan fingerprint density at radius 1 is 1.00 bits per heavy atom. The van der Waals surface area contributed by atoms with E-state index in [1.807, 2.05) is 6.08 Å². The molecule has 5 rings (SSSR count). The molecule has 1 aliphatic carbocycles. The molecule has 2 aromatic carbocycles. The maximum Gasteiger partial charge on any atom is 0.296 e. The fraction of sp³-hybridized carbons (Fsp3) is 0.238. The summed E-state index contributed by atoms with van der Waals surface area (Å²) in [6.07, 6.45) is 2.86. The summed E-state index contributed by atoms with van der Waals surface area (Å²) in [7, 11) is 0. The number of amides is 1. The van der Waals surface area contributed by atoms with E-state index >= 15 is 0 Å². The standard InChI is InChI=1S/C21H20N4O.ClH/c26-20-19(23-21(24-20)25-9-7-22-8-10-25)12-14-5-6-18-16(11-14)13-15-3-1-2-4-17(15)18;/h1-6,11-12,22H,7-10,13H2,(H,23,24,26);1H. The molecule has 2 N–H and O–H groups in total. The highest BCUT2D eigenvalue weighted by Gasteiger charge is 2.25. The summed E-state index contributed by atoms with van der Waals surface area (Å²) in [5.74, 6) is 0.485. The summed E-state index contributed by atoms with van der Waals surface area (Å²) < 4.78 is 0. The third-order valence-electron chi connectivity index (χ3n) is 5.23. The van der Waals surface area contributed by atoms with Gasteiger partial charge in [-0.1, -0.05) is 42.5 Å². The lowest BCUT2D eigenvalue weighted by Crippen LogP contribution is -2.49. The molecular formula is C21H21ClN4O. The summed E-state index contributed by atoms with van der Waals surface area (Å²) in [4.78, 5) is 18.6. The molecule has 138 valence electrons. The van der Waals surface area contributed by atoms with Crippen LogP contribution in [0.5, 0.6) is 0 Å². The molecule has 0 bridgehead atoms. The van der Waals surface area contributed by atoms with Crippen molar-refractivity contribution in [3.63, 3.8) is 0 Å². The second-order valence-corrected chi connectivity index (χ2v) is 6.91. The Bertz CT molecular complexity index is 960. The third-order valence-corrected chi connectivity index (χ3v) is 5.23. The van der Waals surface area contributed by atoms with Gasteiger partial charge in [-0.2, -0.15) is 4.99 Å². The molecule has 2 heterocycles. The van der Waals surface area contributed by atoms with Gasteiger partial charge in [0, 0.05) is 26.2 Å². The van der Waals surface area contributed by atoms with E-state index in [0.717, 1.165) is 38.2 Å². The molecule has 1 fully saturated rings. The van der Waals surface area contributed by atoms with E-state index in [2.05, 4.69) is 63.0 Å². The predicted molar refractivity (Wildman–Crippen MR) is 110 cm³/mol. The topological polar surface area (TPSA) is 56.7 Å². The van der Waals surface area contributed by atoms with Crippen LogP contribution in [0, 0.1) is 0 Å². The second kappa shape index (κ2) is 7.18. The number of carbonyl (C=O) groups excluding carboxylic acids is 1. The van der Waals surface area contributed by atoms with E-state index in [1.165, 1.54) is 22.3 Å². The zero-order chi connectivity index (χ0) is 17.5. The van der Waals surface area contributed by atoms with E-state index in [0.29, 0.717) is 11.7 Å². The second-order valence-electron chi connectivity index (χ2n) is 6.91. The van der Waals surface area contributed by atoms with Gasteiger partial charge < -0.3 is 15.5 Å². The van der Waals surface area contributed by atoms with Crippen LogP contribution < -0.4 is 10.6 Å². The number of nitrogens with zero attached hydrogens (tertiary/aromatic N) is 2. The number of hydrogen-bond acceptors (Lipinski definition) is 4. The highest BCUT2D eigenvalue weighted by atomic mass is 35.5. The first-order valence-electron chi connectivity index (χ1n) is 9.06. The van der Waals surface area contributed by atoms with Gasteiger partial charge in [-0.3, -0.25) is 4.79 Å². The van der Waals surface area contributed by atoms with E-state index < -0.39 is 0 Å². The highest BCUT2D eigenvalue weighted by molar-refractivity contribution is 6.12. The molecule has 2 aliphatic heterocycles. The number of rotatable bonds is 1. The molecule has 0 aromatic heterocycles. The Morgan fingerprint density at radius 3 is 2.63 bits per heavy atom. The lowest BCUT2D eigenvalue weighted by molar-refractivity contribution is -0.114. The van der Waals surface area contributed by atoms with E-state index in [1.54, 1.807) is 0 Å². The SMILES string of the molecule is Cl.O=C1N=C(N2CCNCC2)NC1=Cc1ccc2c(c1)Cc1ccccc1-2. The quantitative estimate of drug-likeness (QED) is 0.636. The van der Waals surface area contributed by atoms with Crippen LogP contribution in [0.4, 0.5) is 0 Å². The van der Waals surface area contributed by atoms with Crippen molar-refractivity contribution in [1.29, 1.82) is 0 Å². The molecule has 3 aliphatic rings. The molecule has 0 saturated carbocycles. The van der Waals surface area contributed by atoms with Crippen LogP contribution in [0.3, 0.4) is 0 Å². The van der Waals surface area contributed by atoms with Gasteiger partial charge in [0.05, 0.1) is 0 Å². The normalized spacial score (nSPS) is 19.3. The van der Waals surface area contributed by atoms with Crippen LogP contribution >= 0.6 is 12.4 Å². The molecule has 0 unspecified atom stereocenters. The Balaban J connectivity index is 0.00000180. The van der Waals surface area contributed by atoms with Gasteiger partial charge >= 0.3 is 0 Å². The molecule has 0 spiro atoms. The number of hydrogen-bond donors (Lipinski definition) is 2. The van der Waals surface area contributed by atoms with E-state index in [9.17, 15) is 4.79 Å². The van der Waals surface area contributed by atoms with Crippen molar-refractivity contribution in [1.82, 2.24) is 15.5 Å². The van der Waals surface area contributed by atoms with E-state index in [4.69, 9.17) is 0 Å². The number of benzene rings is 2. The summed E-state index contributed by atoms with van der Waals surface area (Å²) in [6.45, 7) is 3.56. The number of fused-ring (bicyclic) bond motifs is 3. The van der Waals surface area contributed by atoms with Crippen molar-refractivity contribution in [3.05, 3.63) is 64.9 Å². The maximum atomic E-state index is 12.3. The van der Waals surface area contributed by atoms with E-state index in [-0.39, 0.29) is 18.3 Å². The molecule has 0 atom stereocenters. The van der Waals surface area contributed by atoms with Crippen LogP contribution in [0.15, 0.2) is 53.2 Å². The number of piperazine rings is 1. The zero-order valence-electron chi connectivity index (χ0n) is 14.9. The Kier molecular flexibility index (Phi) is 4.72. The van der Waals surface area contributed by atoms with Crippen LogP contribution in [0.25, 0.3) is 17.2 Å². The van der Waals surface area contributed by atoms with Gasteiger partial charge in [-0.25, -0.2) is 0 Å². The van der Waals surface area contributed by atoms with Gasteiger partial charge in [-0.05, 0) is 40.3 Å². The summed E-state index contributed by atoms with van der Waals surface area (Å²) >= 11 is 0. The van der Waals surface area contributed by atoms with Gasteiger partial charge in [0.1, 0.15) is 5.70 Å².